The molecule has 0 atom stereocenters. The van der Waals surface area contributed by atoms with Gasteiger partial charge in [-0.25, -0.2) is 0 Å². The summed E-state index contributed by atoms with van der Waals surface area (Å²) in [5, 5.41) is 3.43. The summed E-state index contributed by atoms with van der Waals surface area (Å²) in [6, 6.07) is 14.1. The van der Waals surface area contributed by atoms with Crippen LogP contribution in [0.4, 0.5) is 5.69 Å². The predicted molar refractivity (Wildman–Crippen MR) is 97.5 cm³/mol. The van der Waals surface area contributed by atoms with Crippen LogP contribution in [0.2, 0.25) is 0 Å². The van der Waals surface area contributed by atoms with Gasteiger partial charge < -0.3 is 5.32 Å². The second-order valence-electron chi connectivity index (χ2n) is 6.00. The molecule has 2 aromatic rings. The highest BCUT2D eigenvalue weighted by atomic mass is 16.1. The molecule has 1 aliphatic rings. The number of rotatable bonds is 5. The van der Waals surface area contributed by atoms with Crippen molar-refractivity contribution < 1.29 is 4.79 Å². The first-order valence-corrected chi connectivity index (χ1v) is 8.01. The van der Waals surface area contributed by atoms with Gasteiger partial charge in [-0.2, -0.15) is 0 Å². The van der Waals surface area contributed by atoms with Gasteiger partial charge in [0.1, 0.15) is 0 Å². The Morgan fingerprint density at radius 1 is 1.13 bits per heavy atom. The van der Waals surface area contributed by atoms with Gasteiger partial charge >= 0.3 is 0 Å². The molecule has 2 heteroatoms. The van der Waals surface area contributed by atoms with Crippen molar-refractivity contribution in [3.05, 3.63) is 77.4 Å². The number of carbonyl (C=O) groups is 1. The molecule has 0 saturated heterocycles. The van der Waals surface area contributed by atoms with Crippen molar-refractivity contribution in [1.29, 1.82) is 0 Å². The molecule has 0 heterocycles. The maximum Gasteiger partial charge on any atom is 0.188 e. The van der Waals surface area contributed by atoms with Crippen molar-refractivity contribution in [2.24, 2.45) is 0 Å². The monoisotopic (exact) mass is 303 g/mol. The number of hydrogen-bond acceptors (Lipinski definition) is 2. The summed E-state index contributed by atoms with van der Waals surface area (Å²) in [6.07, 6.45) is 3.85. The van der Waals surface area contributed by atoms with Crippen molar-refractivity contribution in [3.8, 4) is 0 Å². The zero-order valence-electron chi connectivity index (χ0n) is 13.6. The topological polar surface area (TPSA) is 29.1 Å². The molecule has 116 valence electrons. The van der Waals surface area contributed by atoms with Crippen LogP contribution in [0.25, 0.3) is 11.3 Å². The van der Waals surface area contributed by atoms with E-state index in [1.807, 2.05) is 31.2 Å². The van der Waals surface area contributed by atoms with Gasteiger partial charge in [-0.15, -0.1) is 0 Å². The standard InChI is InChI=1S/C21H21NO/c1-4-7-15-10-11-19(18(12-15)14(2)3)22-20-13-21(23)17-9-6-5-8-16(17)20/h5-6,8-13,22H,2,4,7H2,1,3H3. The molecule has 1 aliphatic carbocycles. The molecule has 0 unspecified atom stereocenters. The number of ketones is 1. The predicted octanol–water partition coefficient (Wildman–Crippen LogP) is 5.32. The Morgan fingerprint density at radius 2 is 1.87 bits per heavy atom. The van der Waals surface area contributed by atoms with E-state index in [9.17, 15) is 4.79 Å². The molecule has 0 fully saturated rings. The van der Waals surface area contributed by atoms with Crippen LogP contribution < -0.4 is 5.32 Å². The summed E-state index contributed by atoms with van der Waals surface area (Å²) in [5.41, 5.74) is 7.01. The molecule has 0 amide bonds. The van der Waals surface area contributed by atoms with Crippen LogP contribution >= 0.6 is 0 Å². The van der Waals surface area contributed by atoms with E-state index in [0.717, 1.165) is 46.5 Å². The van der Waals surface area contributed by atoms with Crippen LogP contribution in [0.3, 0.4) is 0 Å². The molecule has 2 nitrogen and oxygen atoms in total. The third kappa shape index (κ3) is 2.98. The zero-order chi connectivity index (χ0) is 16.4. The summed E-state index contributed by atoms with van der Waals surface area (Å²) >= 11 is 0. The van der Waals surface area contributed by atoms with Gasteiger partial charge in [0.05, 0.1) is 5.70 Å². The summed E-state index contributed by atoms with van der Waals surface area (Å²) in [4.78, 5) is 12.1. The van der Waals surface area contributed by atoms with E-state index in [1.165, 1.54) is 5.56 Å². The lowest BCUT2D eigenvalue weighted by Gasteiger charge is -2.15. The van der Waals surface area contributed by atoms with Gasteiger partial charge in [0.25, 0.3) is 0 Å². The Hall–Kier alpha value is -2.61. The lowest BCUT2D eigenvalue weighted by molar-refractivity contribution is 0.105. The third-order valence-corrected chi connectivity index (χ3v) is 4.11. The second kappa shape index (κ2) is 6.25. The Kier molecular flexibility index (Phi) is 4.16. The molecule has 3 rings (SSSR count). The quantitative estimate of drug-likeness (QED) is 0.809. The normalized spacial score (nSPS) is 12.8. The zero-order valence-corrected chi connectivity index (χ0v) is 13.6. The van der Waals surface area contributed by atoms with E-state index in [4.69, 9.17) is 0 Å². The lowest BCUT2D eigenvalue weighted by atomic mass is 10.0. The molecule has 0 bridgehead atoms. The second-order valence-corrected chi connectivity index (χ2v) is 6.00. The summed E-state index contributed by atoms with van der Waals surface area (Å²) in [6.45, 7) is 8.29. The van der Waals surface area contributed by atoms with Gasteiger partial charge in [0.2, 0.25) is 0 Å². The molecule has 0 aromatic heterocycles. The maximum atomic E-state index is 12.1. The van der Waals surface area contributed by atoms with Crippen molar-refractivity contribution >= 4 is 22.7 Å². The minimum absolute atomic E-state index is 0.0579. The van der Waals surface area contributed by atoms with Gasteiger partial charge in [0, 0.05) is 28.5 Å². The number of nitrogens with one attached hydrogen (secondary N) is 1. The molecule has 0 aliphatic heterocycles. The van der Waals surface area contributed by atoms with Crippen LogP contribution in [0.5, 0.6) is 0 Å². The number of fused-ring (bicyclic) bond motifs is 1. The van der Waals surface area contributed by atoms with Gasteiger partial charge in [-0.3, -0.25) is 4.79 Å². The molecular formula is C21H21NO. The van der Waals surface area contributed by atoms with Crippen LogP contribution in [0.15, 0.2) is 55.1 Å². The minimum atomic E-state index is 0.0579. The first kappa shape index (κ1) is 15.3. The number of hydrogen-bond donors (Lipinski definition) is 1. The first-order valence-electron chi connectivity index (χ1n) is 8.01. The van der Waals surface area contributed by atoms with Crippen LogP contribution in [-0.4, -0.2) is 5.78 Å². The number of anilines is 1. The highest BCUT2D eigenvalue weighted by Crippen LogP contribution is 2.32. The van der Waals surface area contributed by atoms with Crippen molar-refractivity contribution in [2.45, 2.75) is 26.7 Å². The molecule has 2 aromatic carbocycles. The molecule has 0 saturated carbocycles. The van der Waals surface area contributed by atoms with E-state index >= 15 is 0 Å². The smallest absolute Gasteiger partial charge is 0.188 e. The largest absolute Gasteiger partial charge is 0.354 e. The fourth-order valence-corrected chi connectivity index (χ4v) is 2.97. The molecule has 0 radical (unpaired) electrons. The van der Waals surface area contributed by atoms with Gasteiger partial charge in [-0.1, -0.05) is 50.3 Å². The van der Waals surface area contributed by atoms with Crippen molar-refractivity contribution in [3.63, 3.8) is 0 Å². The van der Waals surface area contributed by atoms with Crippen LogP contribution in [-0.2, 0) is 6.42 Å². The highest BCUT2D eigenvalue weighted by Gasteiger charge is 2.21. The van der Waals surface area contributed by atoms with Crippen LogP contribution in [0, 0.1) is 0 Å². The first-order chi connectivity index (χ1) is 11.1. The van der Waals surface area contributed by atoms with Gasteiger partial charge in [0.15, 0.2) is 5.78 Å². The summed E-state index contributed by atoms with van der Waals surface area (Å²) in [7, 11) is 0. The average Bonchev–Trinajstić information content (AvgIpc) is 2.86. The van der Waals surface area contributed by atoms with E-state index in [2.05, 4.69) is 37.0 Å². The lowest BCUT2D eigenvalue weighted by Crippen LogP contribution is -2.01. The van der Waals surface area contributed by atoms with Gasteiger partial charge in [-0.05, 0) is 36.6 Å². The van der Waals surface area contributed by atoms with E-state index < -0.39 is 0 Å². The number of aryl methyl sites for hydroxylation is 1. The van der Waals surface area contributed by atoms with Crippen molar-refractivity contribution in [1.82, 2.24) is 0 Å². The Morgan fingerprint density at radius 3 is 2.57 bits per heavy atom. The third-order valence-electron chi connectivity index (χ3n) is 4.11. The Balaban J connectivity index is 1.96. The molecule has 1 N–H and O–H groups in total. The van der Waals surface area contributed by atoms with Crippen LogP contribution in [0.1, 0.15) is 47.3 Å². The van der Waals surface area contributed by atoms with E-state index in [-0.39, 0.29) is 5.78 Å². The fraction of sp³-hybridized carbons (Fsp3) is 0.190. The highest BCUT2D eigenvalue weighted by molar-refractivity contribution is 6.17. The van der Waals surface area contributed by atoms with Crippen molar-refractivity contribution in [2.75, 3.05) is 5.32 Å². The fourth-order valence-electron chi connectivity index (χ4n) is 2.97. The van der Waals surface area contributed by atoms with E-state index in [1.54, 1.807) is 6.08 Å². The number of benzene rings is 2. The number of allylic oxidation sites excluding steroid dienone is 2. The molecular weight excluding hydrogens is 282 g/mol. The average molecular weight is 303 g/mol. The molecule has 23 heavy (non-hydrogen) atoms. The summed E-state index contributed by atoms with van der Waals surface area (Å²) < 4.78 is 0. The summed E-state index contributed by atoms with van der Waals surface area (Å²) in [5.74, 6) is 0.0579. The molecule has 0 spiro atoms. The maximum absolute atomic E-state index is 12.1. The Labute approximate surface area is 137 Å². The van der Waals surface area contributed by atoms with E-state index in [0.29, 0.717) is 0 Å². The Bertz CT molecular complexity index is 814. The SMILES string of the molecule is C=C(C)c1cc(CCC)ccc1NC1=CC(=O)c2ccccc21. The number of carbonyl (C=O) groups excluding carboxylic acids is 1. The minimum Gasteiger partial charge on any atom is -0.354 e.